The number of ether oxygens (including phenoxy) is 2. The minimum Gasteiger partial charge on any atom is -0.507 e. The molecule has 3 rings (SSSR count). The van der Waals surface area contributed by atoms with Gasteiger partial charge in [0.05, 0.1) is 13.2 Å². The number of rotatable bonds is 7. The van der Waals surface area contributed by atoms with Crippen molar-refractivity contribution in [2.75, 3.05) is 32.9 Å². The maximum Gasteiger partial charge on any atom is 0.342 e. The van der Waals surface area contributed by atoms with Gasteiger partial charge in [0.1, 0.15) is 11.3 Å². The monoisotopic (exact) mass is 398 g/mol. The summed E-state index contributed by atoms with van der Waals surface area (Å²) in [5, 5.41) is 12.7. The third-order valence-electron chi connectivity index (χ3n) is 4.88. The molecule has 7 nitrogen and oxygen atoms in total. The number of nitrogens with one attached hydrogen (secondary N) is 1. The number of hydrogen-bond acceptors (Lipinski definition) is 6. The Morgan fingerprint density at radius 2 is 1.83 bits per heavy atom. The van der Waals surface area contributed by atoms with E-state index in [1.807, 2.05) is 18.2 Å². The molecular weight excluding hydrogens is 372 g/mol. The number of para-hydroxylation sites is 1. The Bertz CT molecular complexity index is 862. The number of amides is 1. The average Bonchev–Trinajstić information content (AvgIpc) is 2.74. The van der Waals surface area contributed by atoms with E-state index in [1.165, 1.54) is 6.07 Å². The van der Waals surface area contributed by atoms with Gasteiger partial charge >= 0.3 is 5.97 Å². The van der Waals surface area contributed by atoms with E-state index in [-0.39, 0.29) is 11.3 Å². The number of carbonyl (C=O) groups excluding carboxylic acids is 2. The van der Waals surface area contributed by atoms with Crippen molar-refractivity contribution in [3.8, 4) is 5.75 Å². The summed E-state index contributed by atoms with van der Waals surface area (Å²) in [6.45, 7) is 5.70. The zero-order chi connectivity index (χ0) is 20.6. The van der Waals surface area contributed by atoms with E-state index in [0.29, 0.717) is 12.1 Å². The van der Waals surface area contributed by atoms with Gasteiger partial charge in [0.25, 0.3) is 5.91 Å². The van der Waals surface area contributed by atoms with Crippen LogP contribution in [0.4, 0.5) is 0 Å². The highest BCUT2D eigenvalue weighted by Gasteiger charge is 2.16. The van der Waals surface area contributed by atoms with Crippen LogP contribution in [-0.2, 0) is 27.4 Å². The van der Waals surface area contributed by atoms with E-state index in [2.05, 4.69) is 16.3 Å². The van der Waals surface area contributed by atoms with Gasteiger partial charge in [0.2, 0.25) is 0 Å². The summed E-state index contributed by atoms with van der Waals surface area (Å²) in [6, 6.07) is 12.8. The second kappa shape index (κ2) is 10.0. The number of phenolic OH excluding ortho intramolecular Hbond substituents is 1. The molecule has 1 heterocycles. The Balaban J connectivity index is 1.50. The van der Waals surface area contributed by atoms with Crippen LogP contribution in [0.1, 0.15) is 27.0 Å². The highest BCUT2D eigenvalue weighted by atomic mass is 16.5. The van der Waals surface area contributed by atoms with Crippen LogP contribution in [0.15, 0.2) is 42.5 Å². The number of esters is 1. The lowest BCUT2D eigenvalue weighted by Gasteiger charge is -2.27. The van der Waals surface area contributed by atoms with Crippen molar-refractivity contribution in [1.82, 2.24) is 10.2 Å². The zero-order valence-electron chi connectivity index (χ0n) is 16.5. The number of phenols is 1. The lowest BCUT2D eigenvalue weighted by molar-refractivity contribution is -0.124. The molecule has 0 aromatic heterocycles. The molecule has 0 unspecified atom stereocenters. The van der Waals surface area contributed by atoms with Crippen LogP contribution in [0.5, 0.6) is 5.75 Å². The Labute approximate surface area is 170 Å². The van der Waals surface area contributed by atoms with Gasteiger partial charge < -0.3 is 19.9 Å². The van der Waals surface area contributed by atoms with Crippen LogP contribution in [0.3, 0.4) is 0 Å². The van der Waals surface area contributed by atoms with Crippen LogP contribution < -0.4 is 5.32 Å². The molecular formula is C22H26N2O5. The van der Waals surface area contributed by atoms with Gasteiger partial charge in [0, 0.05) is 26.2 Å². The Kier molecular flexibility index (Phi) is 7.21. The Hall–Kier alpha value is -2.90. The smallest absolute Gasteiger partial charge is 0.342 e. The van der Waals surface area contributed by atoms with Crippen molar-refractivity contribution in [1.29, 1.82) is 0 Å². The molecule has 2 aromatic carbocycles. The summed E-state index contributed by atoms with van der Waals surface area (Å²) in [4.78, 5) is 26.5. The first-order valence-electron chi connectivity index (χ1n) is 9.64. The first kappa shape index (κ1) is 20.8. The summed E-state index contributed by atoms with van der Waals surface area (Å²) in [6.07, 6.45) is 0. The standard InChI is InChI=1S/C22H26N2O5/c1-16-5-4-8-19(21(16)26)22(27)29-15-20(25)23-13-17-6-2-3-7-18(17)14-24-9-11-28-12-10-24/h2-8,26H,9-15H2,1H3,(H,23,25). The second-order valence-corrected chi connectivity index (χ2v) is 6.98. The predicted molar refractivity (Wildman–Crippen MR) is 108 cm³/mol. The third-order valence-corrected chi connectivity index (χ3v) is 4.88. The largest absolute Gasteiger partial charge is 0.507 e. The number of nitrogens with zero attached hydrogens (tertiary/aromatic N) is 1. The Morgan fingerprint density at radius 1 is 1.10 bits per heavy atom. The SMILES string of the molecule is Cc1cccc(C(=O)OCC(=O)NCc2ccccc2CN2CCOCC2)c1O. The van der Waals surface area contributed by atoms with E-state index < -0.39 is 18.5 Å². The van der Waals surface area contributed by atoms with Gasteiger partial charge in [-0.3, -0.25) is 9.69 Å². The van der Waals surface area contributed by atoms with Crippen molar-refractivity contribution >= 4 is 11.9 Å². The molecule has 1 saturated heterocycles. The average molecular weight is 398 g/mol. The summed E-state index contributed by atoms with van der Waals surface area (Å²) in [5.41, 5.74) is 2.79. The van der Waals surface area contributed by atoms with E-state index in [9.17, 15) is 14.7 Å². The van der Waals surface area contributed by atoms with Crippen molar-refractivity contribution in [2.45, 2.75) is 20.0 Å². The van der Waals surface area contributed by atoms with Crippen molar-refractivity contribution in [2.24, 2.45) is 0 Å². The van der Waals surface area contributed by atoms with Gasteiger partial charge in [-0.05, 0) is 29.7 Å². The van der Waals surface area contributed by atoms with Crippen molar-refractivity contribution in [3.63, 3.8) is 0 Å². The van der Waals surface area contributed by atoms with Gasteiger partial charge in [0.15, 0.2) is 6.61 Å². The summed E-state index contributed by atoms with van der Waals surface area (Å²) in [5.74, 6) is -1.25. The van der Waals surface area contributed by atoms with E-state index in [0.717, 1.165) is 44.0 Å². The molecule has 2 aromatic rings. The van der Waals surface area contributed by atoms with Crippen LogP contribution >= 0.6 is 0 Å². The molecule has 1 amide bonds. The van der Waals surface area contributed by atoms with Gasteiger partial charge in [-0.25, -0.2) is 4.79 Å². The molecule has 0 atom stereocenters. The first-order valence-corrected chi connectivity index (χ1v) is 9.64. The van der Waals surface area contributed by atoms with E-state index >= 15 is 0 Å². The van der Waals surface area contributed by atoms with Crippen LogP contribution in [0.25, 0.3) is 0 Å². The van der Waals surface area contributed by atoms with Gasteiger partial charge in [-0.1, -0.05) is 36.4 Å². The minimum atomic E-state index is -0.728. The number of carbonyl (C=O) groups is 2. The maximum absolute atomic E-state index is 12.1. The summed E-state index contributed by atoms with van der Waals surface area (Å²) in [7, 11) is 0. The van der Waals surface area contributed by atoms with E-state index in [1.54, 1.807) is 19.1 Å². The molecule has 1 aliphatic rings. The molecule has 154 valence electrons. The molecule has 0 bridgehead atoms. The molecule has 0 saturated carbocycles. The number of hydrogen-bond donors (Lipinski definition) is 2. The highest BCUT2D eigenvalue weighted by molar-refractivity contribution is 5.94. The number of aryl methyl sites for hydroxylation is 1. The van der Waals surface area contributed by atoms with Crippen LogP contribution in [-0.4, -0.2) is 54.8 Å². The fourth-order valence-electron chi connectivity index (χ4n) is 3.16. The lowest BCUT2D eigenvalue weighted by atomic mass is 10.1. The molecule has 29 heavy (non-hydrogen) atoms. The lowest BCUT2D eigenvalue weighted by Crippen LogP contribution is -2.36. The minimum absolute atomic E-state index is 0.0497. The molecule has 1 fully saturated rings. The highest BCUT2D eigenvalue weighted by Crippen LogP contribution is 2.22. The fourth-order valence-corrected chi connectivity index (χ4v) is 3.16. The number of aromatic hydroxyl groups is 1. The molecule has 0 radical (unpaired) electrons. The molecule has 7 heteroatoms. The van der Waals surface area contributed by atoms with E-state index in [4.69, 9.17) is 9.47 Å². The van der Waals surface area contributed by atoms with Crippen molar-refractivity contribution in [3.05, 3.63) is 64.7 Å². The third kappa shape index (κ3) is 5.79. The van der Waals surface area contributed by atoms with Gasteiger partial charge in [-0.15, -0.1) is 0 Å². The predicted octanol–water partition coefficient (Wildman–Crippen LogP) is 2.01. The fraction of sp³-hybridized carbons (Fsp3) is 0.364. The van der Waals surface area contributed by atoms with Crippen LogP contribution in [0.2, 0.25) is 0 Å². The normalized spacial score (nSPS) is 14.4. The maximum atomic E-state index is 12.1. The first-order chi connectivity index (χ1) is 14.0. The molecule has 0 spiro atoms. The quantitative estimate of drug-likeness (QED) is 0.694. The van der Waals surface area contributed by atoms with Gasteiger partial charge in [-0.2, -0.15) is 0 Å². The zero-order valence-corrected chi connectivity index (χ0v) is 16.5. The Morgan fingerprint density at radius 3 is 2.59 bits per heavy atom. The number of morpholine rings is 1. The molecule has 2 N–H and O–H groups in total. The molecule has 0 aliphatic carbocycles. The summed E-state index contributed by atoms with van der Waals surface area (Å²) >= 11 is 0. The van der Waals surface area contributed by atoms with Crippen molar-refractivity contribution < 1.29 is 24.2 Å². The summed E-state index contributed by atoms with van der Waals surface area (Å²) < 4.78 is 10.4. The second-order valence-electron chi connectivity index (χ2n) is 6.98. The topological polar surface area (TPSA) is 88.1 Å². The number of benzene rings is 2. The van der Waals surface area contributed by atoms with Crippen LogP contribution in [0, 0.1) is 6.92 Å². The molecule has 1 aliphatic heterocycles.